The number of amides is 2. The van der Waals surface area contributed by atoms with Crippen LogP contribution < -0.4 is 10.1 Å². The van der Waals surface area contributed by atoms with E-state index in [1.54, 1.807) is 12.1 Å². The average Bonchev–Trinajstić information content (AvgIpc) is 3.02. The second-order valence-corrected chi connectivity index (χ2v) is 7.80. The van der Waals surface area contributed by atoms with E-state index in [0.29, 0.717) is 32.5 Å². The molecule has 4 rings (SSSR count). The number of nitrogens with one attached hydrogen (secondary N) is 1. The molecule has 1 aliphatic carbocycles. The standard InChI is InChI=1S/C19H21F3N2O4/c20-19(21,22)28-15-3-1-12(2-4-15)13-5-7-24(8-6-13)16(25)14-9-18(10-14)11-27-17(26)23-18/h1-4,13-14H,5-11H2,(H,23,26)/t14-,18+. The summed E-state index contributed by atoms with van der Waals surface area (Å²) in [5.41, 5.74) is 0.589. The highest BCUT2D eigenvalue weighted by Crippen LogP contribution is 2.42. The third-order valence-electron chi connectivity index (χ3n) is 5.86. The van der Waals surface area contributed by atoms with Crippen molar-refractivity contribution >= 4 is 12.0 Å². The van der Waals surface area contributed by atoms with Gasteiger partial charge in [0.1, 0.15) is 12.4 Å². The molecule has 3 fully saturated rings. The third-order valence-corrected chi connectivity index (χ3v) is 5.86. The molecular formula is C19H21F3N2O4. The van der Waals surface area contributed by atoms with Crippen molar-refractivity contribution in [2.45, 2.75) is 43.5 Å². The zero-order chi connectivity index (χ0) is 19.9. The van der Waals surface area contributed by atoms with E-state index in [-0.39, 0.29) is 29.0 Å². The number of halogens is 3. The zero-order valence-corrected chi connectivity index (χ0v) is 15.1. The first-order valence-corrected chi connectivity index (χ1v) is 9.32. The molecule has 1 aromatic rings. The van der Waals surface area contributed by atoms with Gasteiger partial charge in [0.2, 0.25) is 5.91 Å². The van der Waals surface area contributed by atoms with Crippen molar-refractivity contribution in [3.05, 3.63) is 29.8 Å². The van der Waals surface area contributed by atoms with Crippen LogP contribution >= 0.6 is 0 Å². The Bertz CT molecular complexity index is 751. The number of piperidine rings is 1. The molecule has 0 unspecified atom stereocenters. The molecule has 2 aliphatic heterocycles. The molecule has 2 amide bonds. The van der Waals surface area contributed by atoms with Crippen LogP contribution in [0.25, 0.3) is 0 Å². The Balaban J connectivity index is 1.27. The first-order valence-electron chi connectivity index (χ1n) is 9.32. The Labute approximate surface area is 160 Å². The monoisotopic (exact) mass is 398 g/mol. The van der Waals surface area contributed by atoms with Gasteiger partial charge in [-0.25, -0.2) is 4.79 Å². The molecule has 0 aromatic heterocycles. The van der Waals surface area contributed by atoms with Crippen molar-refractivity contribution < 1.29 is 32.2 Å². The zero-order valence-electron chi connectivity index (χ0n) is 15.1. The maximum atomic E-state index is 12.7. The van der Waals surface area contributed by atoms with Gasteiger partial charge in [0.05, 0.1) is 5.54 Å². The van der Waals surface area contributed by atoms with Gasteiger partial charge in [-0.2, -0.15) is 0 Å². The first kappa shape index (κ1) is 18.9. The molecule has 2 heterocycles. The van der Waals surface area contributed by atoms with Gasteiger partial charge in [0.25, 0.3) is 0 Å². The second kappa shape index (κ2) is 6.86. The highest BCUT2D eigenvalue weighted by Gasteiger charge is 2.53. The fourth-order valence-corrected chi connectivity index (χ4v) is 4.40. The molecular weight excluding hydrogens is 377 g/mol. The molecule has 0 radical (unpaired) electrons. The lowest BCUT2D eigenvalue weighted by molar-refractivity contribution is -0.274. The van der Waals surface area contributed by atoms with Crippen LogP contribution in [-0.4, -0.2) is 48.5 Å². The number of hydrogen-bond donors (Lipinski definition) is 1. The Morgan fingerprint density at radius 3 is 2.36 bits per heavy atom. The van der Waals surface area contributed by atoms with Crippen molar-refractivity contribution in [3.63, 3.8) is 0 Å². The van der Waals surface area contributed by atoms with Gasteiger partial charge >= 0.3 is 12.5 Å². The van der Waals surface area contributed by atoms with Crippen molar-refractivity contribution in [2.75, 3.05) is 19.7 Å². The molecule has 1 N–H and O–H groups in total. The van der Waals surface area contributed by atoms with Crippen LogP contribution in [0.15, 0.2) is 24.3 Å². The summed E-state index contributed by atoms with van der Waals surface area (Å²) in [7, 11) is 0. The van der Waals surface area contributed by atoms with Crippen LogP contribution in [0.1, 0.15) is 37.2 Å². The van der Waals surface area contributed by atoms with Gasteiger partial charge in [-0.15, -0.1) is 13.2 Å². The highest BCUT2D eigenvalue weighted by atomic mass is 19.4. The molecule has 3 aliphatic rings. The Morgan fingerprint density at radius 2 is 1.82 bits per heavy atom. The number of hydrogen-bond acceptors (Lipinski definition) is 4. The summed E-state index contributed by atoms with van der Waals surface area (Å²) in [5, 5.41) is 2.79. The predicted molar refractivity (Wildman–Crippen MR) is 91.6 cm³/mol. The maximum Gasteiger partial charge on any atom is 0.573 e. The fourth-order valence-electron chi connectivity index (χ4n) is 4.40. The van der Waals surface area contributed by atoms with Gasteiger partial charge < -0.3 is 19.7 Å². The van der Waals surface area contributed by atoms with Crippen molar-refractivity contribution in [3.8, 4) is 5.75 Å². The van der Waals surface area contributed by atoms with Crippen LogP contribution in [0.2, 0.25) is 0 Å². The second-order valence-electron chi connectivity index (χ2n) is 7.80. The number of carbonyl (C=O) groups is 2. The summed E-state index contributed by atoms with van der Waals surface area (Å²) < 4.78 is 45.6. The predicted octanol–water partition coefficient (Wildman–Crippen LogP) is 3.18. The van der Waals surface area contributed by atoms with Crippen LogP contribution in [-0.2, 0) is 9.53 Å². The van der Waals surface area contributed by atoms with Crippen LogP contribution in [0.4, 0.5) is 18.0 Å². The summed E-state index contributed by atoms with van der Waals surface area (Å²) in [6.07, 6.45) is -2.36. The largest absolute Gasteiger partial charge is 0.573 e. The molecule has 1 aromatic carbocycles. The molecule has 6 nitrogen and oxygen atoms in total. The summed E-state index contributed by atoms with van der Waals surface area (Å²) in [5.74, 6) is 0.00139. The molecule has 1 spiro atoms. The van der Waals surface area contributed by atoms with Gasteiger partial charge in [0, 0.05) is 19.0 Å². The number of nitrogens with zero attached hydrogens (tertiary/aromatic N) is 1. The quantitative estimate of drug-likeness (QED) is 0.849. The molecule has 9 heteroatoms. The first-order chi connectivity index (χ1) is 13.2. The average molecular weight is 398 g/mol. The van der Waals surface area contributed by atoms with Gasteiger partial charge in [0.15, 0.2) is 0 Å². The molecule has 2 saturated heterocycles. The van der Waals surface area contributed by atoms with Crippen LogP contribution in [0, 0.1) is 5.92 Å². The lowest BCUT2D eigenvalue weighted by Gasteiger charge is -2.45. The number of benzene rings is 1. The van der Waals surface area contributed by atoms with Crippen molar-refractivity contribution in [2.24, 2.45) is 5.92 Å². The molecule has 1 saturated carbocycles. The highest BCUT2D eigenvalue weighted by molar-refractivity contribution is 5.81. The number of alkyl halides is 3. The summed E-state index contributed by atoms with van der Waals surface area (Å²) in [4.78, 5) is 25.7. The van der Waals surface area contributed by atoms with E-state index >= 15 is 0 Å². The number of rotatable bonds is 3. The SMILES string of the molecule is O=C1N[C@]2(CO1)C[C@H](C(=O)N1CCC(c3ccc(OC(F)(F)F)cc3)CC1)C2. The maximum absolute atomic E-state index is 12.7. The van der Waals surface area contributed by atoms with Gasteiger partial charge in [-0.1, -0.05) is 12.1 Å². The molecule has 0 atom stereocenters. The Hall–Kier alpha value is -2.45. The lowest BCUT2D eigenvalue weighted by atomic mass is 9.68. The van der Waals surface area contributed by atoms with E-state index in [9.17, 15) is 22.8 Å². The van der Waals surface area contributed by atoms with E-state index in [1.165, 1.54) is 12.1 Å². The molecule has 152 valence electrons. The van der Waals surface area contributed by atoms with E-state index in [0.717, 1.165) is 18.4 Å². The lowest BCUT2D eigenvalue weighted by Crippen LogP contribution is -2.58. The number of alkyl carbamates (subject to hydrolysis) is 1. The third kappa shape index (κ3) is 3.88. The van der Waals surface area contributed by atoms with E-state index in [4.69, 9.17) is 4.74 Å². The number of cyclic esters (lactones) is 1. The van der Waals surface area contributed by atoms with Crippen molar-refractivity contribution in [1.29, 1.82) is 0 Å². The van der Waals surface area contributed by atoms with E-state index in [1.807, 2.05) is 4.90 Å². The van der Waals surface area contributed by atoms with Gasteiger partial charge in [-0.05, 0) is 49.3 Å². The Morgan fingerprint density at radius 1 is 1.18 bits per heavy atom. The number of carbonyl (C=O) groups excluding carboxylic acids is 2. The summed E-state index contributed by atoms with van der Waals surface area (Å²) in [6, 6.07) is 5.96. The molecule has 28 heavy (non-hydrogen) atoms. The number of ether oxygens (including phenoxy) is 2. The minimum atomic E-state index is -4.69. The molecule has 0 bridgehead atoms. The van der Waals surface area contributed by atoms with Gasteiger partial charge in [-0.3, -0.25) is 4.79 Å². The topological polar surface area (TPSA) is 67.9 Å². The van der Waals surface area contributed by atoms with E-state index in [2.05, 4.69) is 10.1 Å². The normalized spacial score (nSPS) is 27.9. The van der Waals surface area contributed by atoms with Crippen LogP contribution in [0.3, 0.4) is 0 Å². The number of likely N-dealkylation sites (tertiary alicyclic amines) is 1. The minimum absolute atomic E-state index is 0.0858. The minimum Gasteiger partial charge on any atom is -0.447 e. The van der Waals surface area contributed by atoms with Crippen LogP contribution in [0.5, 0.6) is 5.75 Å². The Kier molecular flexibility index (Phi) is 4.63. The fraction of sp³-hybridized carbons (Fsp3) is 0.579. The summed E-state index contributed by atoms with van der Waals surface area (Å²) in [6.45, 7) is 1.57. The smallest absolute Gasteiger partial charge is 0.447 e. The van der Waals surface area contributed by atoms with Crippen molar-refractivity contribution in [1.82, 2.24) is 10.2 Å². The van der Waals surface area contributed by atoms with E-state index < -0.39 is 12.5 Å². The summed E-state index contributed by atoms with van der Waals surface area (Å²) >= 11 is 0.